The molecule has 0 aromatic carbocycles. The van der Waals surface area contributed by atoms with E-state index in [0.29, 0.717) is 11.7 Å². The SMILES string of the molecule is CC1=CC[C@@H]2C(C)=CC[C@@H]2C1=O. The molecule has 0 radical (unpaired) electrons. The molecule has 0 unspecified atom stereocenters. The van der Waals surface area contributed by atoms with E-state index in [2.05, 4.69) is 19.1 Å². The van der Waals surface area contributed by atoms with Gasteiger partial charge in [-0.2, -0.15) is 0 Å². The number of fused-ring (bicyclic) bond motifs is 1. The van der Waals surface area contributed by atoms with Gasteiger partial charge in [0.2, 0.25) is 0 Å². The van der Waals surface area contributed by atoms with Crippen LogP contribution in [0, 0.1) is 11.8 Å². The molecule has 0 aromatic heterocycles. The van der Waals surface area contributed by atoms with E-state index in [1.807, 2.05) is 6.92 Å². The summed E-state index contributed by atoms with van der Waals surface area (Å²) in [6.45, 7) is 4.08. The van der Waals surface area contributed by atoms with Gasteiger partial charge in [0.15, 0.2) is 5.78 Å². The average molecular weight is 162 g/mol. The van der Waals surface area contributed by atoms with Gasteiger partial charge in [-0.15, -0.1) is 0 Å². The molecule has 0 bridgehead atoms. The predicted octanol–water partition coefficient (Wildman–Crippen LogP) is 2.49. The first kappa shape index (κ1) is 7.78. The number of hydrogen-bond donors (Lipinski definition) is 0. The molecule has 0 spiro atoms. The quantitative estimate of drug-likeness (QED) is 0.500. The van der Waals surface area contributed by atoms with Crippen LogP contribution in [0.15, 0.2) is 23.3 Å². The van der Waals surface area contributed by atoms with Crippen LogP contribution in [0.5, 0.6) is 0 Å². The molecule has 0 amide bonds. The van der Waals surface area contributed by atoms with Crippen LogP contribution in [-0.4, -0.2) is 5.78 Å². The molecule has 0 heterocycles. The van der Waals surface area contributed by atoms with E-state index in [4.69, 9.17) is 0 Å². The van der Waals surface area contributed by atoms with Crippen molar-refractivity contribution in [1.29, 1.82) is 0 Å². The third kappa shape index (κ3) is 0.961. The van der Waals surface area contributed by atoms with Gasteiger partial charge in [0, 0.05) is 5.92 Å². The average Bonchev–Trinajstić information content (AvgIpc) is 2.41. The molecule has 0 saturated heterocycles. The van der Waals surface area contributed by atoms with Gasteiger partial charge in [0.1, 0.15) is 0 Å². The molecule has 2 rings (SSSR count). The lowest BCUT2D eigenvalue weighted by Gasteiger charge is -2.24. The van der Waals surface area contributed by atoms with Crippen LogP contribution >= 0.6 is 0 Å². The van der Waals surface area contributed by atoms with Crippen molar-refractivity contribution in [2.75, 3.05) is 0 Å². The number of carbonyl (C=O) groups excluding carboxylic acids is 1. The maximum Gasteiger partial charge on any atom is 0.162 e. The van der Waals surface area contributed by atoms with Gasteiger partial charge < -0.3 is 0 Å². The van der Waals surface area contributed by atoms with Gasteiger partial charge in [-0.3, -0.25) is 4.79 Å². The Bertz CT molecular complexity index is 283. The highest BCUT2D eigenvalue weighted by atomic mass is 16.1. The van der Waals surface area contributed by atoms with Gasteiger partial charge >= 0.3 is 0 Å². The van der Waals surface area contributed by atoms with Crippen LogP contribution in [0.25, 0.3) is 0 Å². The first-order valence-electron chi connectivity index (χ1n) is 4.58. The second-order valence-corrected chi connectivity index (χ2v) is 3.88. The van der Waals surface area contributed by atoms with E-state index in [1.54, 1.807) is 0 Å². The van der Waals surface area contributed by atoms with Crippen molar-refractivity contribution in [3.05, 3.63) is 23.3 Å². The van der Waals surface area contributed by atoms with Gasteiger partial charge in [-0.25, -0.2) is 0 Å². The van der Waals surface area contributed by atoms with Crippen LogP contribution < -0.4 is 0 Å². The van der Waals surface area contributed by atoms with Gasteiger partial charge in [0.25, 0.3) is 0 Å². The Labute approximate surface area is 73.2 Å². The summed E-state index contributed by atoms with van der Waals surface area (Å²) in [4.78, 5) is 11.7. The fourth-order valence-corrected chi connectivity index (χ4v) is 2.28. The molecular weight excluding hydrogens is 148 g/mol. The van der Waals surface area contributed by atoms with Crippen molar-refractivity contribution >= 4 is 5.78 Å². The maximum atomic E-state index is 11.7. The van der Waals surface area contributed by atoms with Crippen molar-refractivity contribution in [2.24, 2.45) is 11.8 Å². The van der Waals surface area contributed by atoms with Crippen molar-refractivity contribution in [1.82, 2.24) is 0 Å². The summed E-state index contributed by atoms with van der Waals surface area (Å²) in [6.07, 6.45) is 6.36. The molecule has 2 aliphatic carbocycles. The van der Waals surface area contributed by atoms with Crippen molar-refractivity contribution in [2.45, 2.75) is 26.7 Å². The first-order chi connectivity index (χ1) is 5.70. The summed E-state index contributed by atoms with van der Waals surface area (Å²) in [7, 11) is 0. The van der Waals surface area contributed by atoms with Crippen molar-refractivity contribution < 1.29 is 4.79 Å². The van der Waals surface area contributed by atoms with Gasteiger partial charge in [-0.05, 0) is 38.2 Å². The third-order valence-electron chi connectivity index (χ3n) is 3.17. The molecule has 0 saturated carbocycles. The highest BCUT2D eigenvalue weighted by molar-refractivity contribution is 5.98. The molecule has 0 fully saturated rings. The van der Waals surface area contributed by atoms with Crippen LogP contribution in [-0.2, 0) is 4.79 Å². The van der Waals surface area contributed by atoms with E-state index < -0.39 is 0 Å². The number of rotatable bonds is 0. The Morgan fingerprint density at radius 3 is 2.58 bits per heavy atom. The monoisotopic (exact) mass is 162 g/mol. The topological polar surface area (TPSA) is 17.1 Å². The van der Waals surface area contributed by atoms with Crippen molar-refractivity contribution in [3.63, 3.8) is 0 Å². The number of ketones is 1. The number of Topliss-reactive ketones (excluding diaryl/α,β-unsaturated/α-hetero) is 1. The lowest BCUT2D eigenvalue weighted by atomic mass is 9.79. The molecule has 64 valence electrons. The molecule has 0 N–H and O–H groups in total. The molecule has 0 aromatic rings. The summed E-state index contributed by atoms with van der Waals surface area (Å²) < 4.78 is 0. The number of carbonyl (C=O) groups is 1. The van der Waals surface area contributed by atoms with E-state index in [1.165, 1.54) is 5.57 Å². The van der Waals surface area contributed by atoms with E-state index >= 15 is 0 Å². The first-order valence-corrected chi connectivity index (χ1v) is 4.58. The standard InChI is InChI=1S/C11H14O/c1-7-3-6-10-9(7)5-4-8(2)11(10)12/h3-4,9-10H,5-6H2,1-2H3/t9-,10+/m1/s1. The summed E-state index contributed by atoms with van der Waals surface area (Å²) in [5, 5.41) is 0. The number of hydrogen-bond acceptors (Lipinski definition) is 1. The summed E-state index contributed by atoms with van der Waals surface area (Å²) in [5.74, 6) is 1.19. The highest BCUT2D eigenvalue weighted by Gasteiger charge is 2.35. The fraction of sp³-hybridized carbons (Fsp3) is 0.545. The lowest BCUT2D eigenvalue weighted by molar-refractivity contribution is -0.120. The minimum absolute atomic E-state index is 0.287. The molecule has 12 heavy (non-hydrogen) atoms. The zero-order valence-electron chi connectivity index (χ0n) is 7.63. The largest absolute Gasteiger partial charge is 0.294 e. The number of allylic oxidation sites excluding steroid dienone is 4. The van der Waals surface area contributed by atoms with Crippen LogP contribution in [0.3, 0.4) is 0 Å². The minimum atomic E-state index is 0.287. The molecule has 2 aliphatic rings. The summed E-state index contributed by atoms with van der Waals surface area (Å²) in [6, 6.07) is 0. The second-order valence-electron chi connectivity index (χ2n) is 3.88. The predicted molar refractivity (Wildman–Crippen MR) is 48.7 cm³/mol. The Kier molecular flexibility index (Phi) is 1.67. The van der Waals surface area contributed by atoms with Crippen molar-refractivity contribution in [3.8, 4) is 0 Å². The lowest BCUT2D eigenvalue weighted by Crippen LogP contribution is -2.24. The summed E-state index contributed by atoms with van der Waals surface area (Å²) >= 11 is 0. The Morgan fingerprint density at radius 2 is 1.83 bits per heavy atom. The Morgan fingerprint density at radius 1 is 1.17 bits per heavy atom. The van der Waals surface area contributed by atoms with Gasteiger partial charge in [-0.1, -0.05) is 17.7 Å². The third-order valence-corrected chi connectivity index (χ3v) is 3.17. The Hall–Kier alpha value is -0.850. The molecule has 2 atom stereocenters. The van der Waals surface area contributed by atoms with E-state index in [0.717, 1.165) is 18.4 Å². The minimum Gasteiger partial charge on any atom is -0.294 e. The normalized spacial score (nSPS) is 34.3. The highest BCUT2D eigenvalue weighted by Crippen LogP contribution is 2.39. The van der Waals surface area contributed by atoms with Crippen LogP contribution in [0.2, 0.25) is 0 Å². The maximum absolute atomic E-state index is 11.7. The molecule has 1 heteroatoms. The smallest absolute Gasteiger partial charge is 0.162 e. The molecule has 0 aliphatic heterocycles. The fourth-order valence-electron chi connectivity index (χ4n) is 2.28. The van der Waals surface area contributed by atoms with E-state index in [9.17, 15) is 4.79 Å². The molecular formula is C11H14O. The van der Waals surface area contributed by atoms with Crippen LogP contribution in [0.4, 0.5) is 0 Å². The Balaban J connectivity index is 2.29. The van der Waals surface area contributed by atoms with E-state index in [-0.39, 0.29) is 5.92 Å². The molecule has 1 nitrogen and oxygen atoms in total. The van der Waals surface area contributed by atoms with Crippen LogP contribution in [0.1, 0.15) is 26.7 Å². The zero-order chi connectivity index (χ0) is 8.72. The summed E-state index contributed by atoms with van der Waals surface area (Å²) in [5.41, 5.74) is 2.39. The zero-order valence-corrected chi connectivity index (χ0v) is 7.63. The van der Waals surface area contributed by atoms with Gasteiger partial charge in [0.05, 0.1) is 0 Å². The second kappa shape index (κ2) is 2.58.